The average molecular weight is 326 g/mol. The van der Waals surface area contributed by atoms with Gasteiger partial charge in [-0.2, -0.15) is 0 Å². The maximum atomic E-state index is 12.2. The fourth-order valence-electron chi connectivity index (χ4n) is 2.76. The fourth-order valence-corrected chi connectivity index (χ4v) is 2.76. The second-order valence-corrected chi connectivity index (χ2v) is 5.98. The summed E-state index contributed by atoms with van der Waals surface area (Å²) in [6.07, 6.45) is 4.40. The lowest BCUT2D eigenvalue weighted by molar-refractivity contribution is -0.125. The van der Waals surface area contributed by atoms with Crippen LogP contribution >= 0.6 is 0 Å². The van der Waals surface area contributed by atoms with Crippen molar-refractivity contribution in [3.05, 3.63) is 42.0 Å². The highest BCUT2D eigenvalue weighted by atomic mass is 16.5. The lowest BCUT2D eigenvalue weighted by Gasteiger charge is -2.13. The van der Waals surface area contributed by atoms with Crippen LogP contribution in [-0.2, 0) is 4.79 Å². The van der Waals surface area contributed by atoms with Gasteiger partial charge in [-0.25, -0.2) is 4.98 Å². The molecule has 5 nitrogen and oxygen atoms in total. The third kappa shape index (κ3) is 3.74. The second kappa shape index (κ2) is 7.45. The number of nitrogens with zero attached hydrogens (tertiary/aromatic N) is 2. The van der Waals surface area contributed by atoms with Gasteiger partial charge in [-0.05, 0) is 31.1 Å². The van der Waals surface area contributed by atoms with Gasteiger partial charge in [0.05, 0.1) is 18.2 Å². The molecule has 1 N–H and O–H groups in total. The minimum absolute atomic E-state index is 0.0962. The van der Waals surface area contributed by atoms with E-state index in [1.807, 2.05) is 37.3 Å². The van der Waals surface area contributed by atoms with Crippen LogP contribution < -0.4 is 4.74 Å². The number of hydrogen-bond acceptors (Lipinski definition) is 4. The van der Waals surface area contributed by atoms with E-state index in [1.165, 1.54) is 6.08 Å². The Labute approximate surface area is 141 Å². The summed E-state index contributed by atoms with van der Waals surface area (Å²) in [6, 6.07) is 9.81. The number of aliphatic hydroxyl groups excluding tert-OH is 1. The smallest absolute Gasteiger partial charge is 0.246 e. The van der Waals surface area contributed by atoms with Crippen molar-refractivity contribution in [3.8, 4) is 5.88 Å². The molecular formula is C19H22N2O3. The zero-order chi connectivity index (χ0) is 16.9. The Morgan fingerprint density at radius 1 is 1.46 bits per heavy atom. The van der Waals surface area contributed by atoms with E-state index >= 15 is 0 Å². The van der Waals surface area contributed by atoms with Crippen molar-refractivity contribution >= 4 is 22.9 Å². The molecule has 1 aliphatic heterocycles. The molecule has 126 valence electrons. The number of aliphatic hydroxyl groups is 1. The standard InChI is InChI=1S/C19H22N2O3/c1-2-11-24-19-15(12-14-5-3-4-6-17(14)20-19)7-8-18(23)21-10-9-16(22)13-21/h3-8,12,16,22H,2,9-11,13H2,1H3/t16-/m1/s1. The molecule has 24 heavy (non-hydrogen) atoms. The highest BCUT2D eigenvalue weighted by Gasteiger charge is 2.22. The van der Waals surface area contributed by atoms with Crippen LogP contribution in [0.3, 0.4) is 0 Å². The van der Waals surface area contributed by atoms with Gasteiger partial charge in [0.15, 0.2) is 0 Å². The summed E-state index contributed by atoms with van der Waals surface area (Å²) in [5.74, 6) is 0.446. The Bertz CT molecular complexity index is 757. The van der Waals surface area contributed by atoms with Crippen molar-refractivity contribution in [2.75, 3.05) is 19.7 Å². The maximum Gasteiger partial charge on any atom is 0.246 e. The Morgan fingerprint density at radius 2 is 2.29 bits per heavy atom. The third-order valence-corrected chi connectivity index (χ3v) is 4.04. The number of likely N-dealkylation sites (tertiary alicyclic amines) is 1. The van der Waals surface area contributed by atoms with Crippen molar-refractivity contribution in [2.24, 2.45) is 0 Å². The van der Waals surface area contributed by atoms with Crippen molar-refractivity contribution in [3.63, 3.8) is 0 Å². The normalized spacial score (nSPS) is 17.8. The number of para-hydroxylation sites is 1. The molecule has 1 amide bonds. The van der Waals surface area contributed by atoms with Crippen LogP contribution in [0.1, 0.15) is 25.3 Å². The SMILES string of the molecule is CCCOc1nc2ccccc2cc1C=CC(=O)N1CC[C@@H](O)C1. The Balaban J connectivity index is 1.85. The molecule has 1 atom stereocenters. The van der Waals surface area contributed by atoms with E-state index in [-0.39, 0.29) is 5.91 Å². The number of β-amino-alcohol motifs (C(OH)–C–C–N with tert-alkyl or cyclic N) is 1. The first-order chi connectivity index (χ1) is 11.7. The average Bonchev–Trinajstić information content (AvgIpc) is 3.04. The number of aromatic nitrogens is 1. The number of pyridine rings is 1. The molecule has 1 saturated heterocycles. The summed E-state index contributed by atoms with van der Waals surface area (Å²) in [5.41, 5.74) is 1.66. The van der Waals surface area contributed by atoms with Crippen LogP contribution in [0.4, 0.5) is 0 Å². The van der Waals surface area contributed by atoms with E-state index in [0.717, 1.165) is 22.9 Å². The van der Waals surface area contributed by atoms with Gasteiger partial charge in [0, 0.05) is 30.1 Å². The van der Waals surface area contributed by atoms with Crippen LogP contribution in [0.5, 0.6) is 5.88 Å². The fraction of sp³-hybridized carbons (Fsp3) is 0.368. The third-order valence-electron chi connectivity index (χ3n) is 4.04. The van der Waals surface area contributed by atoms with Crippen LogP contribution in [-0.4, -0.2) is 46.7 Å². The molecule has 1 aromatic carbocycles. The maximum absolute atomic E-state index is 12.2. The molecule has 2 heterocycles. The lowest BCUT2D eigenvalue weighted by Crippen LogP contribution is -2.27. The summed E-state index contributed by atoms with van der Waals surface area (Å²) < 4.78 is 5.74. The number of rotatable bonds is 5. The van der Waals surface area contributed by atoms with Gasteiger partial charge >= 0.3 is 0 Å². The molecule has 1 fully saturated rings. The number of carbonyl (C=O) groups excluding carboxylic acids is 1. The summed E-state index contributed by atoms with van der Waals surface area (Å²) in [7, 11) is 0. The first kappa shape index (κ1) is 16.5. The molecule has 0 saturated carbocycles. The quantitative estimate of drug-likeness (QED) is 0.858. The number of carbonyl (C=O) groups is 1. The van der Waals surface area contributed by atoms with E-state index in [9.17, 15) is 9.90 Å². The first-order valence-electron chi connectivity index (χ1n) is 8.35. The van der Waals surface area contributed by atoms with Crippen molar-refractivity contribution < 1.29 is 14.6 Å². The zero-order valence-corrected chi connectivity index (χ0v) is 13.8. The molecule has 0 aliphatic carbocycles. The Hall–Kier alpha value is -2.40. The van der Waals surface area contributed by atoms with Crippen molar-refractivity contribution in [2.45, 2.75) is 25.9 Å². The summed E-state index contributed by atoms with van der Waals surface area (Å²) in [6.45, 7) is 3.62. The van der Waals surface area contributed by atoms with Gasteiger partial charge in [0.1, 0.15) is 0 Å². The van der Waals surface area contributed by atoms with E-state index in [4.69, 9.17) is 4.74 Å². The molecule has 2 aromatic rings. The molecule has 5 heteroatoms. The summed E-state index contributed by atoms with van der Waals surface area (Å²) in [5, 5.41) is 10.6. The minimum Gasteiger partial charge on any atom is -0.477 e. The highest BCUT2D eigenvalue weighted by Crippen LogP contribution is 2.24. The van der Waals surface area contributed by atoms with E-state index in [0.29, 0.717) is 32.0 Å². The van der Waals surface area contributed by atoms with E-state index < -0.39 is 6.10 Å². The van der Waals surface area contributed by atoms with Crippen LogP contribution in [0, 0.1) is 0 Å². The molecule has 0 unspecified atom stereocenters. The molecule has 0 spiro atoms. The van der Waals surface area contributed by atoms with Gasteiger partial charge in [-0.3, -0.25) is 4.79 Å². The Kier molecular flexibility index (Phi) is 5.11. The monoisotopic (exact) mass is 326 g/mol. The molecule has 3 rings (SSSR count). The number of amides is 1. The van der Waals surface area contributed by atoms with Gasteiger partial charge in [0.25, 0.3) is 0 Å². The van der Waals surface area contributed by atoms with Crippen LogP contribution in [0.15, 0.2) is 36.4 Å². The molecule has 1 aromatic heterocycles. The molecular weight excluding hydrogens is 304 g/mol. The minimum atomic E-state index is -0.409. The summed E-state index contributed by atoms with van der Waals surface area (Å²) >= 11 is 0. The van der Waals surface area contributed by atoms with Crippen molar-refractivity contribution in [1.29, 1.82) is 0 Å². The van der Waals surface area contributed by atoms with Crippen LogP contribution in [0.2, 0.25) is 0 Å². The highest BCUT2D eigenvalue weighted by molar-refractivity contribution is 5.93. The van der Waals surface area contributed by atoms with Gasteiger partial charge < -0.3 is 14.7 Å². The number of ether oxygens (including phenoxy) is 1. The molecule has 0 radical (unpaired) electrons. The second-order valence-electron chi connectivity index (χ2n) is 5.98. The molecule has 0 bridgehead atoms. The molecule has 1 aliphatic rings. The van der Waals surface area contributed by atoms with Gasteiger partial charge in [-0.15, -0.1) is 0 Å². The zero-order valence-electron chi connectivity index (χ0n) is 13.8. The topological polar surface area (TPSA) is 62.7 Å². The summed E-state index contributed by atoms with van der Waals surface area (Å²) in [4.78, 5) is 18.4. The van der Waals surface area contributed by atoms with E-state index in [2.05, 4.69) is 4.98 Å². The Morgan fingerprint density at radius 3 is 3.04 bits per heavy atom. The van der Waals surface area contributed by atoms with Gasteiger partial charge in [-0.1, -0.05) is 25.1 Å². The predicted molar refractivity (Wildman–Crippen MR) is 93.8 cm³/mol. The predicted octanol–water partition coefficient (Wildman–Crippen LogP) is 2.63. The van der Waals surface area contributed by atoms with Gasteiger partial charge in [0.2, 0.25) is 11.8 Å². The van der Waals surface area contributed by atoms with Crippen LogP contribution in [0.25, 0.3) is 17.0 Å². The largest absolute Gasteiger partial charge is 0.477 e. The number of fused-ring (bicyclic) bond motifs is 1. The number of hydrogen-bond donors (Lipinski definition) is 1. The lowest BCUT2D eigenvalue weighted by atomic mass is 10.1. The van der Waals surface area contributed by atoms with Crippen molar-refractivity contribution in [1.82, 2.24) is 9.88 Å². The van der Waals surface area contributed by atoms with E-state index in [1.54, 1.807) is 11.0 Å². The first-order valence-corrected chi connectivity index (χ1v) is 8.35. The number of benzene rings is 1.